The summed E-state index contributed by atoms with van der Waals surface area (Å²) in [6.07, 6.45) is 0. The number of benzene rings is 14. The molecule has 2 aliphatic carbocycles. The number of anilines is 6. The Balaban J connectivity index is 0.677. The van der Waals surface area contributed by atoms with Gasteiger partial charge in [0.05, 0.1) is 0 Å². The fraction of sp³-hybridized carbons (Fsp3) is 0.0682. The van der Waals surface area contributed by atoms with Crippen LogP contribution in [0.1, 0.15) is 49.9 Å². The van der Waals surface area contributed by atoms with Crippen molar-refractivity contribution in [3.05, 3.63) is 301 Å². The maximum absolute atomic E-state index is 7.08. The van der Waals surface area contributed by atoms with Crippen molar-refractivity contribution in [2.75, 3.05) is 9.80 Å². The second kappa shape index (κ2) is 20.5. The lowest BCUT2D eigenvalue weighted by atomic mass is 9.78. The van der Waals surface area contributed by atoms with Gasteiger partial charge in [-0.2, -0.15) is 0 Å². The SMILES string of the molecule is CC1(C)c2ccccc2-c2ccc(N(c3ccc4c(c3)sc3ccccc34)c3ccc4ccc5nc(-c6cccc(-c7cccc8c7C(C)(C)c7cc(N(c9ccc%10sc%11ccccc%11c%10c9)c9ccc%10ccc%11nc(-c%12ccccc%12)oc%11c%10c9)ccc7-8)c6)oc5c4c3)cc21. The molecule has 2 aliphatic rings. The molecule has 0 radical (unpaired) electrons. The van der Waals surface area contributed by atoms with Crippen LogP contribution in [0.25, 0.3) is 140 Å². The Labute approximate surface area is 561 Å². The van der Waals surface area contributed by atoms with Gasteiger partial charge in [0.2, 0.25) is 11.8 Å². The van der Waals surface area contributed by atoms with E-state index in [-0.39, 0.29) is 10.8 Å². The molecular formula is C88H58N4O2S2. The number of hydrogen-bond donors (Lipinski definition) is 0. The van der Waals surface area contributed by atoms with Gasteiger partial charge in [0.15, 0.2) is 11.2 Å². The largest absolute Gasteiger partial charge is 0.435 e. The summed E-state index contributed by atoms with van der Waals surface area (Å²) in [5, 5.41) is 9.25. The Morgan fingerprint density at radius 3 is 1.44 bits per heavy atom. The molecule has 96 heavy (non-hydrogen) atoms. The predicted octanol–water partition coefficient (Wildman–Crippen LogP) is 25.6. The molecule has 8 heteroatoms. The molecule has 0 saturated heterocycles. The fourth-order valence-electron chi connectivity index (χ4n) is 16.0. The first kappa shape index (κ1) is 55.1. The van der Waals surface area contributed by atoms with Crippen LogP contribution in [0.2, 0.25) is 0 Å². The van der Waals surface area contributed by atoms with E-state index in [0.717, 1.165) is 94.6 Å². The highest BCUT2D eigenvalue weighted by Gasteiger charge is 2.39. The van der Waals surface area contributed by atoms with Gasteiger partial charge in [-0.3, -0.25) is 0 Å². The molecule has 454 valence electrons. The number of nitrogens with zero attached hydrogens (tertiary/aromatic N) is 4. The molecule has 0 bridgehead atoms. The lowest BCUT2D eigenvalue weighted by Crippen LogP contribution is -2.17. The molecule has 0 spiro atoms. The molecule has 0 unspecified atom stereocenters. The molecule has 0 N–H and O–H groups in total. The van der Waals surface area contributed by atoms with Crippen LogP contribution in [0.15, 0.2) is 288 Å². The van der Waals surface area contributed by atoms with Crippen LogP contribution in [0.3, 0.4) is 0 Å². The van der Waals surface area contributed by atoms with Crippen molar-refractivity contribution in [1.82, 2.24) is 9.97 Å². The first-order valence-corrected chi connectivity index (χ1v) is 34.5. The minimum Gasteiger partial charge on any atom is -0.435 e. The van der Waals surface area contributed by atoms with Gasteiger partial charge in [0.25, 0.3) is 0 Å². The van der Waals surface area contributed by atoms with Gasteiger partial charge < -0.3 is 18.6 Å². The third kappa shape index (κ3) is 8.28. The summed E-state index contributed by atoms with van der Waals surface area (Å²) in [6.45, 7) is 9.49. The summed E-state index contributed by atoms with van der Waals surface area (Å²) >= 11 is 3.69. The first-order valence-electron chi connectivity index (χ1n) is 32.8. The second-order valence-corrected chi connectivity index (χ2v) is 29.0. The second-order valence-electron chi connectivity index (χ2n) is 26.8. The zero-order valence-corrected chi connectivity index (χ0v) is 54.6. The minimum atomic E-state index is -0.386. The number of aromatic nitrogens is 2. The number of rotatable bonds is 9. The van der Waals surface area contributed by atoms with Crippen LogP contribution >= 0.6 is 22.7 Å². The number of thiophene rings is 2. The van der Waals surface area contributed by atoms with Crippen LogP contribution in [0.5, 0.6) is 0 Å². The monoisotopic (exact) mass is 1270 g/mol. The molecule has 14 aromatic carbocycles. The summed E-state index contributed by atoms with van der Waals surface area (Å²) in [7, 11) is 0. The van der Waals surface area contributed by atoms with Crippen molar-refractivity contribution in [3.8, 4) is 56.3 Å². The van der Waals surface area contributed by atoms with Gasteiger partial charge in [-0.1, -0.05) is 179 Å². The third-order valence-electron chi connectivity index (χ3n) is 20.6. The molecular weight excluding hydrogens is 1210 g/mol. The van der Waals surface area contributed by atoms with Crippen molar-refractivity contribution in [2.45, 2.75) is 38.5 Å². The van der Waals surface area contributed by atoms with Crippen LogP contribution < -0.4 is 9.80 Å². The summed E-state index contributed by atoms with van der Waals surface area (Å²) in [4.78, 5) is 15.1. The molecule has 0 aliphatic heterocycles. The molecule has 6 nitrogen and oxygen atoms in total. The highest BCUT2D eigenvalue weighted by Crippen LogP contribution is 2.56. The number of hydrogen-bond acceptors (Lipinski definition) is 8. The Hall–Kier alpha value is -11.4. The summed E-state index contributed by atoms with van der Waals surface area (Å²) in [5.74, 6) is 1.19. The highest BCUT2D eigenvalue weighted by atomic mass is 32.1. The zero-order valence-electron chi connectivity index (χ0n) is 53.0. The van der Waals surface area contributed by atoms with Crippen molar-refractivity contribution >= 4 is 141 Å². The lowest BCUT2D eigenvalue weighted by molar-refractivity contribution is 0.622. The van der Waals surface area contributed by atoms with Crippen molar-refractivity contribution < 1.29 is 8.83 Å². The molecule has 20 rings (SSSR count). The maximum Gasteiger partial charge on any atom is 0.227 e. The summed E-state index contributed by atoms with van der Waals surface area (Å²) in [6, 6.07) is 102. The molecule has 0 atom stereocenters. The fourth-order valence-corrected chi connectivity index (χ4v) is 18.2. The van der Waals surface area contributed by atoms with Gasteiger partial charge in [-0.05, 0) is 194 Å². The molecule has 4 heterocycles. The van der Waals surface area contributed by atoms with Crippen LogP contribution in [0.4, 0.5) is 34.1 Å². The normalized spacial score (nSPS) is 13.6. The van der Waals surface area contributed by atoms with E-state index in [1.807, 2.05) is 53.0 Å². The van der Waals surface area contributed by atoms with Crippen LogP contribution in [-0.4, -0.2) is 9.97 Å². The average molecular weight is 1270 g/mol. The Kier molecular flexibility index (Phi) is 11.8. The topological polar surface area (TPSA) is 58.5 Å². The van der Waals surface area contributed by atoms with E-state index >= 15 is 0 Å². The van der Waals surface area contributed by atoms with Gasteiger partial charge in [-0.15, -0.1) is 22.7 Å². The van der Waals surface area contributed by atoms with E-state index in [2.05, 4.69) is 286 Å². The molecule has 0 saturated carbocycles. The Morgan fingerprint density at radius 1 is 0.292 bits per heavy atom. The molecule has 0 fully saturated rings. The zero-order chi connectivity index (χ0) is 63.7. The Bertz CT molecular complexity index is 6320. The average Bonchev–Trinajstić information content (AvgIpc) is 1.56. The number of oxazole rings is 2. The molecule has 0 amide bonds. The van der Waals surface area contributed by atoms with Gasteiger partial charge in [0.1, 0.15) is 11.0 Å². The van der Waals surface area contributed by atoms with Crippen molar-refractivity contribution in [3.63, 3.8) is 0 Å². The lowest BCUT2D eigenvalue weighted by Gasteiger charge is -2.29. The predicted molar refractivity (Wildman–Crippen MR) is 403 cm³/mol. The molecule has 18 aromatic rings. The summed E-state index contributed by atoms with van der Waals surface area (Å²) < 4.78 is 18.8. The minimum absolute atomic E-state index is 0.165. The van der Waals surface area contributed by atoms with E-state index in [0.29, 0.717) is 11.8 Å². The number of fused-ring (bicyclic) bond motifs is 18. The smallest absolute Gasteiger partial charge is 0.227 e. The van der Waals surface area contributed by atoms with Gasteiger partial charge in [0, 0.05) is 107 Å². The quantitative estimate of drug-likeness (QED) is 0.144. The van der Waals surface area contributed by atoms with Crippen molar-refractivity contribution in [2.24, 2.45) is 0 Å². The summed E-state index contributed by atoms with van der Waals surface area (Å²) in [5.41, 5.74) is 23.5. The molecule has 4 aromatic heterocycles. The van der Waals surface area contributed by atoms with Gasteiger partial charge in [-0.25, -0.2) is 9.97 Å². The van der Waals surface area contributed by atoms with E-state index in [1.165, 1.54) is 90.4 Å². The first-order chi connectivity index (χ1) is 47.0. The van der Waals surface area contributed by atoms with E-state index in [4.69, 9.17) is 18.8 Å². The van der Waals surface area contributed by atoms with Crippen LogP contribution in [-0.2, 0) is 10.8 Å². The Morgan fingerprint density at radius 2 is 0.740 bits per heavy atom. The van der Waals surface area contributed by atoms with E-state index in [1.54, 1.807) is 0 Å². The van der Waals surface area contributed by atoms with E-state index < -0.39 is 0 Å². The van der Waals surface area contributed by atoms with Crippen LogP contribution in [0, 0.1) is 0 Å². The maximum atomic E-state index is 7.08. The van der Waals surface area contributed by atoms with Gasteiger partial charge >= 0.3 is 0 Å². The standard InChI is InChI=1S/C88H58N4O2S2/c1-87(2)73-25-11-8-20-63(73)64-38-34-59(48-74(64)87)92(61-36-40-68-66-21-9-12-26-78(66)96-81(68)50-61)57-33-29-52-31-42-77-84(71(52)46-57)94-86(90-77)55-19-14-18-54(44-55)62-23-15-24-69-65-39-35-60(49-75(65)88(3,4)82(62)69)91(58-37-43-80-72(47-58)67-22-10-13-27-79(67)95-80)56-32-28-51-30-41-76-83(70(51)45-56)93-85(89-76)53-16-6-5-7-17-53/h5-50H,1-4H3. The van der Waals surface area contributed by atoms with Crippen molar-refractivity contribution in [1.29, 1.82) is 0 Å². The third-order valence-corrected chi connectivity index (χ3v) is 22.9. The highest BCUT2D eigenvalue weighted by molar-refractivity contribution is 7.26. The van der Waals surface area contributed by atoms with E-state index in [9.17, 15) is 0 Å².